The highest BCUT2D eigenvalue weighted by Crippen LogP contribution is 2.31. The predicted octanol–water partition coefficient (Wildman–Crippen LogP) is 5.95. The van der Waals surface area contributed by atoms with E-state index in [4.69, 9.17) is 22.1 Å². The van der Waals surface area contributed by atoms with Crippen LogP contribution in [0.25, 0.3) is 10.4 Å². The van der Waals surface area contributed by atoms with Crippen LogP contribution in [0.3, 0.4) is 0 Å². The van der Waals surface area contributed by atoms with Crippen LogP contribution in [0.4, 0.5) is 10.5 Å². The van der Waals surface area contributed by atoms with Crippen molar-refractivity contribution in [2.45, 2.75) is 136 Å². The number of nitrogens with one attached hydrogen (secondary N) is 4. The molecule has 1 aromatic heterocycles. The molecule has 17 heteroatoms. The molecule has 0 spiro atoms. The summed E-state index contributed by atoms with van der Waals surface area (Å²) in [7, 11) is 0. The van der Waals surface area contributed by atoms with Crippen molar-refractivity contribution in [3.63, 3.8) is 0 Å². The lowest BCUT2D eigenvalue weighted by molar-refractivity contribution is -0.144. The minimum atomic E-state index is -1.12. The van der Waals surface area contributed by atoms with Crippen LogP contribution in [-0.2, 0) is 35.1 Å². The van der Waals surface area contributed by atoms with Crippen LogP contribution in [-0.4, -0.2) is 87.0 Å². The molecule has 1 aliphatic heterocycles. The van der Waals surface area contributed by atoms with Gasteiger partial charge in [-0.25, -0.2) is 9.78 Å². The summed E-state index contributed by atoms with van der Waals surface area (Å²) in [5.41, 5.74) is 9.45. The fourth-order valence-electron chi connectivity index (χ4n) is 6.94. The van der Waals surface area contributed by atoms with E-state index in [2.05, 4.69) is 26.3 Å². The molecule has 2 aromatic carbocycles. The number of carbonyl (C=O) groups excluding carboxylic acids is 6. The number of primary amides is 1. The third-order valence-corrected chi connectivity index (χ3v) is 11.6. The van der Waals surface area contributed by atoms with Crippen LogP contribution >= 0.6 is 22.9 Å². The number of carbonyl (C=O) groups is 6. The number of halogens is 1. The van der Waals surface area contributed by atoms with Crippen molar-refractivity contribution in [3.8, 4) is 10.4 Å². The molecule has 3 aromatic rings. The van der Waals surface area contributed by atoms with E-state index in [-0.39, 0.29) is 55.1 Å². The molecule has 332 valence electrons. The number of hydrogen-bond donors (Lipinski definition) is 6. The first-order chi connectivity index (χ1) is 28.5. The van der Waals surface area contributed by atoms with Gasteiger partial charge < -0.3 is 41.7 Å². The van der Waals surface area contributed by atoms with E-state index in [0.29, 0.717) is 30.5 Å². The van der Waals surface area contributed by atoms with Gasteiger partial charge in [-0.2, -0.15) is 0 Å². The molecule has 1 aliphatic rings. The van der Waals surface area contributed by atoms with Gasteiger partial charge in [0.1, 0.15) is 23.7 Å². The summed E-state index contributed by atoms with van der Waals surface area (Å²) in [6.07, 6.45) is -0.277. The Morgan fingerprint density at radius 3 is 2.28 bits per heavy atom. The molecule has 1 fully saturated rings. The molecular weight excluding hydrogens is 822 g/mol. The van der Waals surface area contributed by atoms with Gasteiger partial charge in [-0.3, -0.25) is 24.0 Å². The van der Waals surface area contributed by atoms with Gasteiger partial charge in [-0.15, -0.1) is 11.3 Å². The molecule has 0 radical (unpaired) electrons. The zero-order valence-corrected chi connectivity index (χ0v) is 37.8. The third-order valence-electron chi connectivity index (χ3n) is 10.2. The number of nitrogens with two attached hydrogens (primary N) is 1. The number of β-amino-alcohol motifs (C(OH)–C–C–N with tert-alkyl or cyclic N) is 1. The number of likely N-dealkylation sites (tertiary alicyclic amines) is 1. The van der Waals surface area contributed by atoms with Crippen molar-refractivity contribution in [3.05, 3.63) is 69.8 Å². The molecule has 7 N–H and O–H groups in total. The second-order valence-corrected chi connectivity index (χ2v) is 18.8. The van der Waals surface area contributed by atoms with Crippen molar-refractivity contribution in [2.24, 2.45) is 11.1 Å². The van der Waals surface area contributed by atoms with Crippen molar-refractivity contribution < 1.29 is 38.6 Å². The summed E-state index contributed by atoms with van der Waals surface area (Å²) < 4.78 is 5.27. The van der Waals surface area contributed by atoms with Gasteiger partial charge in [0.05, 0.1) is 38.9 Å². The van der Waals surface area contributed by atoms with E-state index in [1.54, 1.807) is 55.8 Å². The van der Waals surface area contributed by atoms with Crippen LogP contribution in [0, 0.1) is 12.3 Å². The fraction of sp³-hybridized carbons (Fsp3) is 0.523. The Morgan fingerprint density at radius 1 is 0.984 bits per heavy atom. The number of alkyl carbamates (subject to hydrolysis) is 1. The van der Waals surface area contributed by atoms with Crippen LogP contribution in [0.2, 0.25) is 5.02 Å². The normalized spacial score (nSPS) is 16.9. The second-order valence-electron chi connectivity index (χ2n) is 17.6. The molecule has 4 rings (SSSR count). The Morgan fingerprint density at radius 2 is 1.67 bits per heavy atom. The number of benzene rings is 2. The standard InChI is InChI=1S/C44H60ClN7O8S/c1-25(27-16-18-29(19-17-27)37-26(2)47-24-61-37)48-40(57)33-22-30(53)23-52(33)41(58)38(43(3,4)5)51-35(55)15-10-9-12-28-13-11-14-31(36(28)45)49-39(56)32(20-21-34(46)54)50-42(59)60-44(6,7)8/h11,13-14,16-19,24-25,30,32-33,38,53H,9-10,12,15,20-23H2,1-8H3,(H2,46,54)(H,48,57)(H,49,56)(H,50,59)(H,51,55)/t25-,30+,32?,33-,38+/m0/s1. The zero-order chi connectivity index (χ0) is 45.2. The molecule has 2 heterocycles. The molecule has 0 aliphatic carbocycles. The van der Waals surface area contributed by atoms with Gasteiger partial charge >= 0.3 is 6.09 Å². The molecule has 0 bridgehead atoms. The topological polar surface area (TPSA) is 222 Å². The van der Waals surface area contributed by atoms with Gasteiger partial charge in [0.15, 0.2) is 0 Å². The first-order valence-electron chi connectivity index (χ1n) is 20.5. The molecule has 6 amide bonds. The lowest BCUT2D eigenvalue weighted by Gasteiger charge is -2.35. The smallest absolute Gasteiger partial charge is 0.408 e. The lowest BCUT2D eigenvalue weighted by Crippen LogP contribution is -2.57. The van der Waals surface area contributed by atoms with E-state index in [1.165, 1.54) is 4.90 Å². The number of hydrogen-bond acceptors (Lipinski definition) is 10. The number of anilines is 1. The van der Waals surface area contributed by atoms with E-state index >= 15 is 0 Å². The van der Waals surface area contributed by atoms with Crippen molar-refractivity contribution in [2.75, 3.05) is 11.9 Å². The predicted molar refractivity (Wildman–Crippen MR) is 236 cm³/mol. The summed E-state index contributed by atoms with van der Waals surface area (Å²) in [6.45, 7) is 14.3. The van der Waals surface area contributed by atoms with Gasteiger partial charge in [0.2, 0.25) is 29.5 Å². The number of amides is 6. The molecule has 5 atom stereocenters. The van der Waals surface area contributed by atoms with Crippen LogP contribution in [0.5, 0.6) is 0 Å². The van der Waals surface area contributed by atoms with Crippen LogP contribution in [0.15, 0.2) is 48.0 Å². The molecular formula is C44H60ClN7O8S. The number of rotatable bonds is 17. The molecule has 1 saturated heterocycles. The molecule has 61 heavy (non-hydrogen) atoms. The van der Waals surface area contributed by atoms with Crippen molar-refractivity contribution in [1.82, 2.24) is 25.8 Å². The van der Waals surface area contributed by atoms with Crippen LogP contribution in [0.1, 0.15) is 110 Å². The first kappa shape index (κ1) is 48.6. The quantitative estimate of drug-likeness (QED) is 0.0881. The largest absolute Gasteiger partial charge is 0.444 e. The van der Waals surface area contributed by atoms with Gasteiger partial charge in [0.25, 0.3) is 0 Å². The van der Waals surface area contributed by atoms with E-state index in [0.717, 1.165) is 21.7 Å². The monoisotopic (exact) mass is 881 g/mol. The van der Waals surface area contributed by atoms with Crippen molar-refractivity contribution >= 4 is 64.3 Å². The lowest BCUT2D eigenvalue weighted by atomic mass is 9.85. The Balaban J connectivity index is 1.32. The highest BCUT2D eigenvalue weighted by atomic mass is 35.5. The third kappa shape index (κ3) is 14.3. The fourth-order valence-corrected chi connectivity index (χ4v) is 8.02. The summed E-state index contributed by atoms with van der Waals surface area (Å²) >= 11 is 8.26. The first-order valence-corrected chi connectivity index (χ1v) is 21.7. The highest BCUT2D eigenvalue weighted by Gasteiger charge is 2.44. The highest BCUT2D eigenvalue weighted by molar-refractivity contribution is 7.13. The number of ether oxygens (including phenoxy) is 1. The number of thiazole rings is 1. The summed E-state index contributed by atoms with van der Waals surface area (Å²) in [5, 5.41) is 22.1. The van der Waals surface area contributed by atoms with Gasteiger partial charge in [-0.05, 0) is 88.5 Å². The molecule has 0 saturated carbocycles. The van der Waals surface area contributed by atoms with Crippen LogP contribution < -0.4 is 27.0 Å². The van der Waals surface area contributed by atoms with E-state index in [1.807, 2.05) is 58.9 Å². The molecule has 1 unspecified atom stereocenters. The number of aromatic nitrogens is 1. The average molecular weight is 883 g/mol. The SMILES string of the molecule is Cc1ncsc1-c1ccc([C@H](C)NC(=O)[C@@H]2C[C@@H](O)CN2C(=O)[C@@H](NC(=O)CCCCc2cccc(NC(=O)C(CCC(N)=O)NC(=O)OC(C)(C)C)c2Cl)C(C)(C)C)cc1. The maximum atomic E-state index is 14.1. The average Bonchev–Trinajstić information content (AvgIpc) is 3.79. The Labute approximate surface area is 366 Å². The number of nitrogens with zero attached hydrogens (tertiary/aromatic N) is 2. The van der Waals surface area contributed by atoms with Gasteiger partial charge in [0, 0.05) is 25.8 Å². The minimum absolute atomic E-state index is 0.0365. The maximum Gasteiger partial charge on any atom is 0.408 e. The second kappa shape index (κ2) is 21.1. The van der Waals surface area contributed by atoms with E-state index < -0.39 is 59.1 Å². The Hall–Kier alpha value is -5.06. The molecule has 15 nitrogen and oxygen atoms in total. The summed E-state index contributed by atoms with van der Waals surface area (Å²) in [6, 6.07) is 9.63. The zero-order valence-electron chi connectivity index (χ0n) is 36.2. The van der Waals surface area contributed by atoms with Gasteiger partial charge in [-0.1, -0.05) is 68.8 Å². The van der Waals surface area contributed by atoms with Crippen molar-refractivity contribution in [1.29, 1.82) is 0 Å². The Bertz CT molecular complexity index is 2050. The summed E-state index contributed by atoms with van der Waals surface area (Å²) in [4.78, 5) is 85.0. The van der Waals surface area contributed by atoms with E-state index in [9.17, 15) is 33.9 Å². The number of aliphatic hydroxyl groups is 1. The number of aryl methyl sites for hydroxylation is 2. The summed E-state index contributed by atoms with van der Waals surface area (Å²) in [5.74, 6) is -2.42. The minimum Gasteiger partial charge on any atom is -0.444 e. The number of aliphatic hydroxyl groups excluding tert-OH is 1. The number of unbranched alkanes of at least 4 members (excludes halogenated alkanes) is 1. The maximum absolute atomic E-state index is 14.1. The Kier molecular flexibility index (Phi) is 16.9.